The zero-order chi connectivity index (χ0) is 24.3. The van der Waals surface area contributed by atoms with Crippen molar-refractivity contribution >= 4 is 11.6 Å². The highest BCUT2D eigenvalue weighted by atomic mass is 35.5. The first-order valence-electron chi connectivity index (χ1n) is 9.88. The number of aromatic nitrogens is 3. The van der Waals surface area contributed by atoms with Crippen LogP contribution in [-0.4, -0.2) is 26.4 Å². The second-order valence-corrected chi connectivity index (χ2v) is 7.84. The summed E-state index contributed by atoms with van der Waals surface area (Å²) in [6.07, 6.45) is 0.641. The maximum Gasteiger partial charge on any atom is 0.573 e. The van der Waals surface area contributed by atoms with E-state index in [1.54, 1.807) is 12.1 Å². The standard InChI is InChI=1S/C24H16ClF4N3O2/c25-19-5-1-16(21(26)9-19)10-23(33,18-12-30-14-31-13-18)22-8-4-17(11-32-22)15-2-6-20(7-3-15)34-24(27,28)29/h1-9,11-14,33H,10H2. The molecule has 0 radical (unpaired) electrons. The Morgan fingerprint density at radius 3 is 2.15 bits per heavy atom. The molecule has 5 nitrogen and oxygen atoms in total. The van der Waals surface area contributed by atoms with Crippen molar-refractivity contribution < 1.29 is 27.4 Å². The molecule has 0 spiro atoms. The average molecular weight is 490 g/mol. The van der Waals surface area contributed by atoms with E-state index in [2.05, 4.69) is 19.7 Å². The molecule has 2 aromatic heterocycles. The Morgan fingerprint density at radius 2 is 1.56 bits per heavy atom. The SMILES string of the molecule is OC(Cc1ccc(Cl)cc1F)(c1cncnc1)c1ccc(-c2ccc(OC(F)(F)F)cc2)cn1. The van der Waals surface area contributed by atoms with Gasteiger partial charge < -0.3 is 9.84 Å². The third kappa shape index (κ3) is 5.32. The molecule has 1 atom stereocenters. The van der Waals surface area contributed by atoms with Gasteiger partial charge in [-0.15, -0.1) is 13.2 Å². The minimum absolute atomic E-state index is 0.167. The summed E-state index contributed by atoms with van der Waals surface area (Å²) < 4.78 is 55.5. The number of aliphatic hydroxyl groups is 1. The molecule has 1 unspecified atom stereocenters. The van der Waals surface area contributed by atoms with Crippen molar-refractivity contribution in [3.8, 4) is 16.9 Å². The molecule has 2 aromatic carbocycles. The predicted molar refractivity (Wildman–Crippen MR) is 117 cm³/mol. The molecular formula is C24H16ClF4N3O2. The third-order valence-electron chi connectivity index (χ3n) is 5.11. The highest BCUT2D eigenvalue weighted by Gasteiger charge is 2.35. The first-order chi connectivity index (χ1) is 16.1. The van der Waals surface area contributed by atoms with Crippen LogP contribution in [0.2, 0.25) is 5.02 Å². The van der Waals surface area contributed by atoms with Crippen molar-refractivity contribution in [3.05, 3.63) is 107 Å². The number of hydrogen-bond donors (Lipinski definition) is 1. The van der Waals surface area contributed by atoms with Gasteiger partial charge in [-0.25, -0.2) is 14.4 Å². The molecule has 0 bridgehead atoms. The third-order valence-corrected chi connectivity index (χ3v) is 5.34. The van der Waals surface area contributed by atoms with Gasteiger partial charge >= 0.3 is 6.36 Å². The Hall–Kier alpha value is -3.56. The lowest BCUT2D eigenvalue weighted by atomic mass is 9.85. The van der Waals surface area contributed by atoms with E-state index in [-0.39, 0.29) is 28.5 Å². The van der Waals surface area contributed by atoms with Crippen molar-refractivity contribution in [2.24, 2.45) is 0 Å². The van der Waals surface area contributed by atoms with Crippen LogP contribution in [0, 0.1) is 5.82 Å². The van der Waals surface area contributed by atoms with Gasteiger partial charge in [-0.2, -0.15) is 0 Å². The number of rotatable bonds is 6. The maximum atomic E-state index is 14.5. The highest BCUT2D eigenvalue weighted by Crippen LogP contribution is 2.34. The molecule has 34 heavy (non-hydrogen) atoms. The Bertz CT molecular complexity index is 1270. The van der Waals surface area contributed by atoms with Gasteiger partial charge in [0.2, 0.25) is 0 Å². The first kappa shape index (κ1) is 23.6. The van der Waals surface area contributed by atoms with Gasteiger partial charge in [0.15, 0.2) is 0 Å². The number of halogens is 5. The topological polar surface area (TPSA) is 68.1 Å². The van der Waals surface area contributed by atoms with Gasteiger partial charge in [0, 0.05) is 41.2 Å². The average Bonchev–Trinajstić information content (AvgIpc) is 2.81. The maximum absolute atomic E-state index is 14.5. The van der Waals surface area contributed by atoms with Gasteiger partial charge in [0.05, 0.1) is 5.69 Å². The van der Waals surface area contributed by atoms with Crippen molar-refractivity contribution in [3.63, 3.8) is 0 Å². The monoisotopic (exact) mass is 489 g/mol. The number of pyridine rings is 1. The fourth-order valence-corrected chi connectivity index (χ4v) is 3.61. The van der Waals surface area contributed by atoms with Gasteiger partial charge in [0.25, 0.3) is 0 Å². The second kappa shape index (κ2) is 9.36. The summed E-state index contributed by atoms with van der Waals surface area (Å²) in [4.78, 5) is 12.3. The molecule has 10 heteroatoms. The van der Waals surface area contributed by atoms with Crippen LogP contribution in [0.1, 0.15) is 16.8 Å². The molecule has 0 aliphatic rings. The molecule has 0 amide bonds. The van der Waals surface area contributed by atoms with Crippen molar-refractivity contribution in [2.45, 2.75) is 18.4 Å². The Kier molecular flexibility index (Phi) is 6.49. The molecule has 4 aromatic rings. The molecule has 2 heterocycles. The number of ether oxygens (including phenoxy) is 1. The Morgan fingerprint density at radius 1 is 0.882 bits per heavy atom. The Labute approximate surface area is 196 Å². The minimum Gasteiger partial charge on any atom is -0.406 e. The van der Waals surface area contributed by atoms with E-state index < -0.39 is 17.8 Å². The van der Waals surface area contributed by atoms with Crippen molar-refractivity contribution in [2.75, 3.05) is 0 Å². The second-order valence-electron chi connectivity index (χ2n) is 7.40. The molecule has 0 aliphatic carbocycles. The zero-order valence-corrected chi connectivity index (χ0v) is 18.1. The van der Waals surface area contributed by atoms with Crippen LogP contribution in [-0.2, 0) is 12.0 Å². The fourth-order valence-electron chi connectivity index (χ4n) is 3.45. The summed E-state index contributed by atoms with van der Waals surface area (Å²) in [7, 11) is 0. The molecule has 0 saturated carbocycles. The van der Waals surface area contributed by atoms with E-state index in [0.29, 0.717) is 16.7 Å². The predicted octanol–water partition coefficient (Wildman–Crippen LogP) is 5.71. The lowest BCUT2D eigenvalue weighted by Crippen LogP contribution is -2.32. The highest BCUT2D eigenvalue weighted by molar-refractivity contribution is 6.30. The van der Waals surface area contributed by atoms with Gasteiger partial charge in [-0.3, -0.25) is 4.98 Å². The Balaban J connectivity index is 1.66. The molecule has 0 aliphatic heterocycles. The van der Waals surface area contributed by atoms with E-state index >= 15 is 0 Å². The summed E-state index contributed by atoms with van der Waals surface area (Å²) in [5.74, 6) is -0.926. The first-order valence-corrected chi connectivity index (χ1v) is 10.3. The summed E-state index contributed by atoms with van der Waals surface area (Å²) in [6.45, 7) is 0. The summed E-state index contributed by atoms with van der Waals surface area (Å²) in [6, 6.07) is 12.6. The lowest BCUT2D eigenvalue weighted by molar-refractivity contribution is -0.274. The molecular weight excluding hydrogens is 474 g/mol. The smallest absolute Gasteiger partial charge is 0.406 e. The molecule has 0 fully saturated rings. The quantitative estimate of drug-likeness (QED) is 0.351. The van der Waals surface area contributed by atoms with E-state index in [4.69, 9.17) is 11.6 Å². The minimum atomic E-state index is -4.78. The van der Waals surface area contributed by atoms with Crippen LogP contribution in [0.3, 0.4) is 0 Å². The number of alkyl halides is 3. The summed E-state index contributed by atoms with van der Waals surface area (Å²) in [5.41, 5.74) is 0.131. The van der Waals surface area contributed by atoms with Crippen molar-refractivity contribution in [1.29, 1.82) is 0 Å². The fraction of sp³-hybridized carbons (Fsp3) is 0.125. The molecule has 0 saturated heterocycles. The summed E-state index contributed by atoms with van der Waals surface area (Å²) >= 11 is 5.84. The van der Waals surface area contributed by atoms with Crippen LogP contribution in [0.25, 0.3) is 11.1 Å². The number of benzene rings is 2. The number of hydrogen-bond acceptors (Lipinski definition) is 5. The van der Waals surface area contributed by atoms with E-state index in [1.807, 2.05) is 0 Å². The summed E-state index contributed by atoms with van der Waals surface area (Å²) in [5, 5.41) is 11.9. The van der Waals surface area contributed by atoms with Crippen LogP contribution in [0.5, 0.6) is 5.75 Å². The molecule has 1 N–H and O–H groups in total. The van der Waals surface area contributed by atoms with E-state index in [9.17, 15) is 22.7 Å². The van der Waals surface area contributed by atoms with Crippen LogP contribution >= 0.6 is 11.6 Å². The molecule has 174 valence electrons. The number of nitrogens with zero attached hydrogens (tertiary/aromatic N) is 3. The largest absolute Gasteiger partial charge is 0.573 e. The normalized spacial score (nSPS) is 13.4. The lowest BCUT2D eigenvalue weighted by Gasteiger charge is -2.28. The van der Waals surface area contributed by atoms with Gasteiger partial charge in [-0.1, -0.05) is 35.9 Å². The van der Waals surface area contributed by atoms with E-state index in [0.717, 1.165) is 6.07 Å². The van der Waals surface area contributed by atoms with E-state index in [1.165, 1.54) is 61.3 Å². The zero-order valence-electron chi connectivity index (χ0n) is 17.3. The molecule has 4 rings (SSSR count). The van der Waals surface area contributed by atoms with Crippen LogP contribution in [0.15, 0.2) is 79.5 Å². The van der Waals surface area contributed by atoms with Crippen molar-refractivity contribution in [1.82, 2.24) is 15.0 Å². The van der Waals surface area contributed by atoms with Gasteiger partial charge in [0.1, 0.15) is 23.5 Å². The van der Waals surface area contributed by atoms with Crippen LogP contribution in [0.4, 0.5) is 17.6 Å². The van der Waals surface area contributed by atoms with Crippen LogP contribution < -0.4 is 4.74 Å². The van der Waals surface area contributed by atoms with Gasteiger partial charge in [-0.05, 0) is 41.5 Å².